The molecule has 0 aliphatic heterocycles. The van der Waals surface area contributed by atoms with Gasteiger partial charge < -0.3 is 0 Å². The first-order chi connectivity index (χ1) is 10.4. The lowest BCUT2D eigenvalue weighted by molar-refractivity contribution is 1.05. The monoisotopic (exact) mass is 269 g/mol. The SMILES string of the molecule is C1=CC(c2ccccc2)c2ccc(-c3ccncc3)cc21. The zero-order chi connectivity index (χ0) is 14.1. The van der Waals surface area contributed by atoms with E-state index in [-0.39, 0.29) is 0 Å². The molecule has 0 bridgehead atoms. The van der Waals surface area contributed by atoms with E-state index < -0.39 is 0 Å². The van der Waals surface area contributed by atoms with Gasteiger partial charge in [-0.05, 0) is 46.0 Å². The number of allylic oxidation sites excluding steroid dienone is 1. The molecule has 0 fully saturated rings. The lowest BCUT2D eigenvalue weighted by Gasteiger charge is -2.12. The highest BCUT2D eigenvalue weighted by atomic mass is 14.6. The fourth-order valence-electron chi connectivity index (χ4n) is 2.98. The number of hydrogen-bond donors (Lipinski definition) is 0. The molecule has 1 nitrogen and oxygen atoms in total. The van der Waals surface area contributed by atoms with E-state index in [9.17, 15) is 0 Å². The van der Waals surface area contributed by atoms with Crippen LogP contribution in [0.4, 0.5) is 0 Å². The number of fused-ring (bicyclic) bond motifs is 1. The van der Waals surface area contributed by atoms with E-state index in [1.165, 1.54) is 27.8 Å². The molecular weight excluding hydrogens is 254 g/mol. The molecule has 1 heterocycles. The van der Waals surface area contributed by atoms with Crippen molar-refractivity contribution in [2.45, 2.75) is 5.92 Å². The van der Waals surface area contributed by atoms with Gasteiger partial charge in [-0.15, -0.1) is 0 Å². The Hall–Kier alpha value is -2.67. The molecule has 0 saturated carbocycles. The predicted octanol–water partition coefficient (Wildman–Crippen LogP) is 4.91. The fourth-order valence-corrected chi connectivity index (χ4v) is 2.98. The van der Waals surface area contributed by atoms with Crippen LogP contribution in [0.1, 0.15) is 22.6 Å². The van der Waals surface area contributed by atoms with Gasteiger partial charge in [0.25, 0.3) is 0 Å². The zero-order valence-corrected chi connectivity index (χ0v) is 11.6. The Morgan fingerprint density at radius 1 is 0.762 bits per heavy atom. The summed E-state index contributed by atoms with van der Waals surface area (Å²) < 4.78 is 0. The molecule has 0 saturated heterocycles. The molecule has 1 atom stereocenters. The average molecular weight is 269 g/mol. The van der Waals surface area contributed by atoms with Gasteiger partial charge in [0.2, 0.25) is 0 Å². The minimum absolute atomic E-state index is 0.382. The minimum atomic E-state index is 0.382. The van der Waals surface area contributed by atoms with Crippen LogP contribution in [-0.2, 0) is 0 Å². The van der Waals surface area contributed by atoms with Crippen molar-refractivity contribution in [2.75, 3.05) is 0 Å². The van der Waals surface area contributed by atoms with Gasteiger partial charge in [-0.2, -0.15) is 0 Å². The van der Waals surface area contributed by atoms with E-state index >= 15 is 0 Å². The highest BCUT2D eigenvalue weighted by Gasteiger charge is 2.19. The first-order valence-electron chi connectivity index (χ1n) is 7.19. The summed E-state index contributed by atoms with van der Waals surface area (Å²) in [6.45, 7) is 0. The van der Waals surface area contributed by atoms with Crippen LogP contribution in [-0.4, -0.2) is 4.98 Å². The first kappa shape index (κ1) is 12.1. The van der Waals surface area contributed by atoms with Crippen LogP contribution < -0.4 is 0 Å². The lowest BCUT2D eigenvalue weighted by atomic mass is 9.91. The van der Waals surface area contributed by atoms with Crippen molar-refractivity contribution < 1.29 is 0 Å². The molecule has 2 aromatic carbocycles. The first-order valence-corrected chi connectivity index (χ1v) is 7.19. The van der Waals surface area contributed by atoms with Crippen molar-refractivity contribution in [3.05, 3.63) is 95.8 Å². The summed E-state index contributed by atoms with van der Waals surface area (Å²) in [5.74, 6) is 0.382. The van der Waals surface area contributed by atoms with Gasteiger partial charge in [0.15, 0.2) is 0 Å². The van der Waals surface area contributed by atoms with Crippen LogP contribution in [0.2, 0.25) is 0 Å². The van der Waals surface area contributed by atoms with Crippen LogP contribution >= 0.6 is 0 Å². The molecule has 1 heteroatoms. The standard InChI is InChI=1S/C20H15N/c1-2-4-16(5-3-1)19-9-7-18-14-17(6-8-20(18)19)15-10-12-21-13-11-15/h1-14,19H. The normalized spacial score (nSPS) is 15.9. The minimum Gasteiger partial charge on any atom is -0.265 e. The summed E-state index contributed by atoms with van der Waals surface area (Å²) >= 11 is 0. The van der Waals surface area contributed by atoms with Gasteiger partial charge in [-0.3, -0.25) is 4.98 Å². The molecule has 1 aliphatic carbocycles. The quantitative estimate of drug-likeness (QED) is 0.644. The second-order valence-corrected chi connectivity index (χ2v) is 5.33. The van der Waals surface area contributed by atoms with Crippen molar-refractivity contribution in [3.63, 3.8) is 0 Å². The van der Waals surface area contributed by atoms with E-state index in [1.54, 1.807) is 0 Å². The van der Waals surface area contributed by atoms with Crippen LogP contribution in [0.25, 0.3) is 17.2 Å². The Bertz CT molecular complexity index is 789. The Balaban J connectivity index is 1.74. The Morgan fingerprint density at radius 2 is 1.57 bits per heavy atom. The highest BCUT2D eigenvalue weighted by Crippen LogP contribution is 2.37. The van der Waals surface area contributed by atoms with Crippen molar-refractivity contribution in [2.24, 2.45) is 0 Å². The zero-order valence-electron chi connectivity index (χ0n) is 11.6. The van der Waals surface area contributed by atoms with Crippen LogP contribution in [0.3, 0.4) is 0 Å². The third kappa shape index (κ3) is 2.17. The summed E-state index contributed by atoms with van der Waals surface area (Å²) in [5, 5.41) is 0. The summed E-state index contributed by atoms with van der Waals surface area (Å²) in [6.07, 6.45) is 8.20. The van der Waals surface area contributed by atoms with Gasteiger partial charge in [0.1, 0.15) is 0 Å². The summed E-state index contributed by atoms with van der Waals surface area (Å²) in [6, 6.07) is 21.5. The van der Waals surface area contributed by atoms with Gasteiger partial charge in [0.05, 0.1) is 0 Å². The van der Waals surface area contributed by atoms with E-state index in [1.807, 2.05) is 12.4 Å². The molecule has 0 spiro atoms. The Labute approximate surface area is 124 Å². The number of nitrogens with zero attached hydrogens (tertiary/aromatic N) is 1. The second kappa shape index (κ2) is 5.02. The molecular formula is C20H15N. The van der Waals surface area contributed by atoms with Gasteiger partial charge in [0, 0.05) is 18.3 Å². The molecule has 1 unspecified atom stereocenters. The summed E-state index contributed by atoms with van der Waals surface area (Å²) in [4.78, 5) is 4.08. The maximum atomic E-state index is 4.08. The molecule has 100 valence electrons. The molecule has 1 aromatic heterocycles. The van der Waals surface area contributed by atoms with Crippen molar-refractivity contribution in [1.29, 1.82) is 0 Å². The van der Waals surface area contributed by atoms with Crippen molar-refractivity contribution >= 4 is 6.08 Å². The number of pyridine rings is 1. The van der Waals surface area contributed by atoms with E-state index in [4.69, 9.17) is 0 Å². The van der Waals surface area contributed by atoms with Crippen molar-refractivity contribution in [1.82, 2.24) is 4.98 Å². The lowest BCUT2D eigenvalue weighted by Crippen LogP contribution is -1.95. The molecule has 0 radical (unpaired) electrons. The summed E-state index contributed by atoms with van der Waals surface area (Å²) in [5.41, 5.74) is 6.51. The average Bonchev–Trinajstić information content (AvgIpc) is 2.99. The third-order valence-electron chi connectivity index (χ3n) is 4.06. The summed E-state index contributed by atoms with van der Waals surface area (Å²) in [7, 11) is 0. The van der Waals surface area contributed by atoms with E-state index in [2.05, 4.69) is 77.8 Å². The van der Waals surface area contributed by atoms with Gasteiger partial charge >= 0.3 is 0 Å². The molecule has 1 aliphatic rings. The Kier molecular flexibility index (Phi) is 2.89. The number of benzene rings is 2. The predicted molar refractivity (Wildman–Crippen MR) is 87.0 cm³/mol. The van der Waals surface area contributed by atoms with Gasteiger partial charge in [-0.1, -0.05) is 54.6 Å². The molecule has 0 N–H and O–H groups in total. The van der Waals surface area contributed by atoms with Crippen LogP contribution in [0, 0.1) is 0 Å². The molecule has 0 amide bonds. The molecule has 3 aromatic rings. The fraction of sp³-hybridized carbons (Fsp3) is 0.0500. The number of hydrogen-bond acceptors (Lipinski definition) is 1. The number of rotatable bonds is 2. The molecule has 21 heavy (non-hydrogen) atoms. The maximum absolute atomic E-state index is 4.08. The number of aromatic nitrogens is 1. The smallest absolute Gasteiger partial charge is 0.0278 e. The molecule has 4 rings (SSSR count). The van der Waals surface area contributed by atoms with E-state index in [0.29, 0.717) is 5.92 Å². The topological polar surface area (TPSA) is 12.9 Å². The van der Waals surface area contributed by atoms with Gasteiger partial charge in [-0.25, -0.2) is 0 Å². The third-order valence-corrected chi connectivity index (χ3v) is 4.06. The Morgan fingerprint density at radius 3 is 2.38 bits per heavy atom. The maximum Gasteiger partial charge on any atom is 0.0278 e. The van der Waals surface area contributed by atoms with Crippen LogP contribution in [0.15, 0.2) is 79.1 Å². The van der Waals surface area contributed by atoms with Crippen molar-refractivity contribution in [3.8, 4) is 11.1 Å². The van der Waals surface area contributed by atoms with Crippen LogP contribution in [0.5, 0.6) is 0 Å². The van der Waals surface area contributed by atoms with E-state index in [0.717, 1.165) is 0 Å². The second-order valence-electron chi connectivity index (χ2n) is 5.33. The highest BCUT2D eigenvalue weighted by molar-refractivity contribution is 5.73. The largest absolute Gasteiger partial charge is 0.265 e.